The van der Waals surface area contributed by atoms with Gasteiger partial charge in [0.15, 0.2) is 22.9 Å². The van der Waals surface area contributed by atoms with Gasteiger partial charge in [-0.05, 0) is 38.7 Å². The van der Waals surface area contributed by atoms with Gasteiger partial charge in [0.05, 0.1) is 43.9 Å². The Hall–Kier alpha value is -4.52. The number of hydrogen-bond acceptors (Lipinski definition) is 9. The molecule has 6 heterocycles. The summed E-state index contributed by atoms with van der Waals surface area (Å²) in [5.74, 6) is 2.12. The molecule has 45 heavy (non-hydrogen) atoms. The summed E-state index contributed by atoms with van der Waals surface area (Å²) in [7, 11) is 1.58. The molecule has 8 rings (SSSR count). The molecule has 5 aromatic rings. The summed E-state index contributed by atoms with van der Waals surface area (Å²) in [6, 6.07) is 8.97. The van der Waals surface area contributed by atoms with E-state index in [2.05, 4.69) is 19.9 Å². The van der Waals surface area contributed by atoms with Crippen molar-refractivity contribution < 1.29 is 27.1 Å². The highest BCUT2D eigenvalue weighted by Gasteiger charge is 2.49. The monoisotopic (exact) mass is 617 g/mol. The predicted molar refractivity (Wildman–Crippen MR) is 158 cm³/mol. The van der Waals surface area contributed by atoms with Gasteiger partial charge in [0.25, 0.3) is 0 Å². The van der Waals surface area contributed by atoms with Gasteiger partial charge in [0.1, 0.15) is 23.2 Å². The Labute approximate surface area is 256 Å². The van der Waals surface area contributed by atoms with Crippen molar-refractivity contribution in [2.24, 2.45) is 0 Å². The number of alkyl halides is 3. The molecule has 0 amide bonds. The van der Waals surface area contributed by atoms with E-state index in [9.17, 15) is 13.2 Å². The molecule has 10 nitrogen and oxygen atoms in total. The second-order valence-corrected chi connectivity index (χ2v) is 12.1. The molecule has 3 fully saturated rings. The fraction of sp³-hybridized carbons (Fsp3) is 0.406. The Morgan fingerprint density at radius 1 is 1.02 bits per heavy atom. The zero-order chi connectivity index (χ0) is 31.0. The number of methoxy groups -OCH3 is 1. The van der Waals surface area contributed by atoms with Crippen LogP contribution in [0.5, 0.6) is 5.88 Å². The van der Waals surface area contributed by atoms with E-state index >= 15 is 0 Å². The van der Waals surface area contributed by atoms with Crippen LogP contribution in [0.1, 0.15) is 68.1 Å². The molecule has 0 spiro atoms. The van der Waals surface area contributed by atoms with Crippen molar-refractivity contribution in [3.8, 4) is 28.7 Å². The lowest BCUT2D eigenvalue weighted by Gasteiger charge is -2.36. The minimum atomic E-state index is -4.53. The fourth-order valence-electron chi connectivity index (χ4n) is 6.65. The first-order valence-electron chi connectivity index (χ1n) is 15.0. The van der Waals surface area contributed by atoms with Gasteiger partial charge < -0.3 is 23.4 Å². The molecule has 13 heteroatoms. The smallest absolute Gasteiger partial charge is 0.434 e. The summed E-state index contributed by atoms with van der Waals surface area (Å²) in [5, 5.41) is 0. The van der Waals surface area contributed by atoms with E-state index in [1.807, 2.05) is 44.2 Å². The molecule has 3 aliphatic rings. The maximum atomic E-state index is 13.5. The van der Waals surface area contributed by atoms with Crippen molar-refractivity contribution in [2.75, 3.05) is 18.6 Å². The lowest BCUT2D eigenvalue weighted by molar-refractivity contribution is -0.140. The maximum absolute atomic E-state index is 13.5. The Morgan fingerprint density at radius 3 is 2.53 bits per heavy atom. The Morgan fingerprint density at radius 2 is 1.82 bits per heavy atom. The molecule has 2 bridgehead atoms. The molecule has 1 saturated carbocycles. The number of morpholine rings is 1. The highest BCUT2D eigenvalue weighted by molar-refractivity contribution is 5.87. The molecule has 232 valence electrons. The van der Waals surface area contributed by atoms with E-state index in [4.69, 9.17) is 23.9 Å². The molecule has 0 N–H and O–H groups in total. The molecule has 1 aromatic carbocycles. The van der Waals surface area contributed by atoms with Crippen molar-refractivity contribution in [1.29, 1.82) is 0 Å². The number of hydrogen-bond donors (Lipinski definition) is 0. The second-order valence-electron chi connectivity index (χ2n) is 12.1. The zero-order valence-electron chi connectivity index (χ0n) is 24.8. The van der Waals surface area contributed by atoms with Crippen LogP contribution >= 0.6 is 0 Å². The van der Waals surface area contributed by atoms with Gasteiger partial charge in [-0.1, -0.05) is 24.3 Å². The van der Waals surface area contributed by atoms with Gasteiger partial charge >= 0.3 is 6.18 Å². The lowest BCUT2D eigenvalue weighted by Crippen LogP contribution is -2.40. The summed E-state index contributed by atoms with van der Waals surface area (Å²) in [6.45, 7) is 4.21. The van der Waals surface area contributed by atoms with E-state index in [1.165, 1.54) is 6.33 Å². The first-order valence-corrected chi connectivity index (χ1v) is 15.0. The van der Waals surface area contributed by atoms with Gasteiger partial charge in [-0.15, -0.1) is 0 Å². The topological polar surface area (TPSA) is 104 Å². The standard InChI is InChI=1S/C32H30F3N7O3/c1-16(2)41-13-23(32(33,34)35)39-29(41)19-8-6-18(7-9-19)26-22-12-20(14-45-22)42(26)30-27-21(10-11-44-27)38-28(40-30)24-25(17-4-5-17)36-15-37-31(24)43-3/h6-11,13,15-17,20,22,26H,4-5,12,14H2,1-3H3. The SMILES string of the molecule is COc1ncnc(C2CC2)c1-c1nc(N2C3COC(C3)C2c2ccc(-c3nc(C(F)(F)F)cn3C(C)C)cc2)c2occc2n1. The van der Waals surface area contributed by atoms with Crippen molar-refractivity contribution in [1.82, 2.24) is 29.5 Å². The molecular weight excluding hydrogens is 587 g/mol. The Balaban J connectivity index is 1.21. The molecule has 4 aromatic heterocycles. The molecule has 1 aliphatic carbocycles. The van der Waals surface area contributed by atoms with Crippen molar-refractivity contribution in [3.05, 3.63) is 66.1 Å². The summed E-state index contributed by atoms with van der Waals surface area (Å²) in [6.07, 6.45) is 2.43. The molecule has 3 unspecified atom stereocenters. The average molecular weight is 618 g/mol. The van der Waals surface area contributed by atoms with Crippen LogP contribution in [0.2, 0.25) is 0 Å². The van der Waals surface area contributed by atoms with Gasteiger partial charge in [0.2, 0.25) is 5.88 Å². The third kappa shape index (κ3) is 4.63. The summed E-state index contributed by atoms with van der Waals surface area (Å²) in [5.41, 5.74) is 3.42. The Bertz CT molecular complexity index is 1900. The number of halogens is 3. The van der Waals surface area contributed by atoms with Crippen LogP contribution in [-0.2, 0) is 10.9 Å². The number of furan rings is 1. The number of ether oxygens (including phenoxy) is 2. The number of fused-ring (bicyclic) bond motifs is 3. The number of imidazole rings is 1. The van der Waals surface area contributed by atoms with Crippen molar-refractivity contribution in [3.63, 3.8) is 0 Å². The van der Waals surface area contributed by atoms with E-state index in [0.29, 0.717) is 52.3 Å². The summed E-state index contributed by atoms with van der Waals surface area (Å²) in [4.78, 5) is 25.1. The van der Waals surface area contributed by atoms with Gasteiger partial charge in [-0.25, -0.2) is 24.9 Å². The van der Waals surface area contributed by atoms with Crippen molar-refractivity contribution >= 4 is 16.9 Å². The minimum absolute atomic E-state index is 0.0433. The van der Waals surface area contributed by atoms with Crippen LogP contribution in [0.3, 0.4) is 0 Å². The van der Waals surface area contributed by atoms with Gasteiger partial charge in [-0.2, -0.15) is 13.2 Å². The normalized spacial score (nSPS) is 21.4. The number of rotatable bonds is 7. The molecule has 2 saturated heterocycles. The zero-order valence-corrected chi connectivity index (χ0v) is 24.8. The highest BCUT2D eigenvalue weighted by atomic mass is 19.4. The van der Waals surface area contributed by atoms with Crippen molar-refractivity contribution in [2.45, 2.75) is 69.4 Å². The van der Waals surface area contributed by atoms with Crippen LogP contribution < -0.4 is 9.64 Å². The van der Waals surface area contributed by atoms with Gasteiger partial charge in [0, 0.05) is 29.8 Å². The van der Waals surface area contributed by atoms with E-state index in [1.54, 1.807) is 17.9 Å². The lowest BCUT2D eigenvalue weighted by atomic mass is 10.00. The number of anilines is 1. The number of aromatic nitrogens is 6. The van der Waals surface area contributed by atoms with Crippen LogP contribution in [0, 0.1) is 0 Å². The largest absolute Gasteiger partial charge is 0.480 e. The Kier molecular flexibility index (Phi) is 6.38. The van der Waals surface area contributed by atoms with E-state index in [0.717, 1.165) is 36.7 Å². The predicted octanol–water partition coefficient (Wildman–Crippen LogP) is 6.75. The van der Waals surface area contributed by atoms with Crippen LogP contribution in [0.25, 0.3) is 33.9 Å². The second kappa shape index (κ2) is 10.3. The number of benzene rings is 1. The third-order valence-corrected chi connectivity index (χ3v) is 8.89. The maximum Gasteiger partial charge on any atom is 0.434 e. The van der Waals surface area contributed by atoms with Gasteiger partial charge in [-0.3, -0.25) is 0 Å². The molecular formula is C32H30F3N7O3. The summed E-state index contributed by atoms with van der Waals surface area (Å²) < 4.78 is 59.9. The fourth-order valence-corrected chi connectivity index (χ4v) is 6.65. The molecule has 2 aliphatic heterocycles. The minimum Gasteiger partial charge on any atom is -0.480 e. The van der Waals surface area contributed by atoms with Crippen LogP contribution in [0.4, 0.5) is 19.0 Å². The van der Waals surface area contributed by atoms with Crippen LogP contribution in [-0.4, -0.2) is 55.3 Å². The van der Waals surface area contributed by atoms with E-state index < -0.39 is 11.9 Å². The molecule has 3 atom stereocenters. The third-order valence-electron chi connectivity index (χ3n) is 8.89. The summed E-state index contributed by atoms with van der Waals surface area (Å²) >= 11 is 0. The average Bonchev–Trinajstić information content (AvgIpc) is 3.40. The van der Waals surface area contributed by atoms with E-state index in [-0.39, 0.29) is 30.1 Å². The highest BCUT2D eigenvalue weighted by Crippen LogP contribution is 2.49. The first-order chi connectivity index (χ1) is 21.7. The molecule has 0 radical (unpaired) electrons. The number of nitrogens with zero attached hydrogens (tertiary/aromatic N) is 7. The van der Waals surface area contributed by atoms with Crippen LogP contribution in [0.15, 0.2) is 53.5 Å². The first kappa shape index (κ1) is 28.0. The quantitative estimate of drug-likeness (QED) is 0.196.